The average molecular weight is 499 g/mol. The fraction of sp³-hybridized carbons (Fsp3) is 0.360. The van der Waals surface area contributed by atoms with Gasteiger partial charge in [-0.15, -0.1) is 0 Å². The zero-order chi connectivity index (χ0) is 22.7. The molecule has 0 aliphatic carbocycles. The molecule has 0 bridgehead atoms. The Morgan fingerprint density at radius 1 is 1.06 bits per heavy atom. The number of rotatable bonds is 6. The van der Waals surface area contributed by atoms with Crippen LogP contribution in [0.5, 0.6) is 0 Å². The summed E-state index contributed by atoms with van der Waals surface area (Å²) in [5, 5.41) is 3.41. The smallest absolute Gasteiger partial charge is 0.287 e. The molecule has 6 nitrogen and oxygen atoms in total. The van der Waals surface area contributed by atoms with Crippen molar-refractivity contribution < 1.29 is 13.9 Å². The molecule has 1 fully saturated rings. The number of carbonyl (C=O) groups is 1. The molecule has 1 aliphatic rings. The first-order valence-electron chi connectivity index (χ1n) is 10.9. The highest BCUT2D eigenvalue weighted by Crippen LogP contribution is 2.24. The minimum atomic E-state index is -0.399. The maximum atomic E-state index is 12.9. The number of amides is 1. The lowest BCUT2D eigenvalue weighted by Gasteiger charge is -2.35. The quantitative estimate of drug-likeness (QED) is 0.542. The van der Waals surface area contributed by atoms with Gasteiger partial charge in [-0.3, -0.25) is 14.5 Å². The molecule has 32 heavy (non-hydrogen) atoms. The Morgan fingerprint density at radius 2 is 1.75 bits per heavy atom. The maximum absolute atomic E-state index is 12.9. The number of nitrogens with one attached hydrogen (secondary N) is 1. The lowest BCUT2D eigenvalue weighted by molar-refractivity contribution is 0.0161. The largest absolute Gasteiger partial charge is 0.451 e. The summed E-state index contributed by atoms with van der Waals surface area (Å²) in [6.45, 7) is 7.68. The maximum Gasteiger partial charge on any atom is 0.287 e. The van der Waals surface area contributed by atoms with Crippen molar-refractivity contribution in [1.82, 2.24) is 10.2 Å². The van der Waals surface area contributed by atoms with Crippen molar-refractivity contribution in [2.24, 2.45) is 0 Å². The Hall–Kier alpha value is -2.48. The van der Waals surface area contributed by atoms with Crippen LogP contribution in [0.1, 0.15) is 47.5 Å². The molecule has 4 rings (SSSR count). The first-order chi connectivity index (χ1) is 15.4. The Bertz CT molecular complexity index is 1150. The number of morpholine rings is 1. The number of ether oxygens (including phenoxy) is 1. The van der Waals surface area contributed by atoms with E-state index in [2.05, 4.69) is 64.3 Å². The van der Waals surface area contributed by atoms with Crippen LogP contribution in [-0.4, -0.2) is 43.7 Å². The fourth-order valence-corrected chi connectivity index (χ4v) is 4.33. The van der Waals surface area contributed by atoms with E-state index in [9.17, 15) is 9.59 Å². The van der Waals surface area contributed by atoms with Crippen molar-refractivity contribution in [3.63, 3.8) is 0 Å². The summed E-state index contributed by atoms with van der Waals surface area (Å²) in [5.74, 6) is 0.0756. The lowest BCUT2D eigenvalue weighted by Crippen LogP contribution is -2.43. The number of hydrogen-bond donors (Lipinski definition) is 1. The molecule has 2 aromatic carbocycles. The molecule has 1 saturated heterocycles. The van der Waals surface area contributed by atoms with Crippen molar-refractivity contribution in [1.29, 1.82) is 0 Å². The van der Waals surface area contributed by atoms with Crippen LogP contribution in [0.15, 0.2) is 62.2 Å². The predicted octanol–water partition coefficient (Wildman–Crippen LogP) is 4.48. The van der Waals surface area contributed by atoms with E-state index in [1.54, 1.807) is 18.2 Å². The first kappa shape index (κ1) is 22.7. The van der Waals surface area contributed by atoms with E-state index < -0.39 is 5.91 Å². The summed E-state index contributed by atoms with van der Waals surface area (Å²) in [6.07, 6.45) is 0. The van der Waals surface area contributed by atoms with Gasteiger partial charge in [0.25, 0.3) is 5.91 Å². The zero-order valence-electron chi connectivity index (χ0n) is 18.3. The molecule has 3 aromatic rings. The molecule has 1 aromatic heterocycles. The van der Waals surface area contributed by atoms with E-state index in [0.717, 1.165) is 23.1 Å². The van der Waals surface area contributed by atoms with Gasteiger partial charge in [0.05, 0.1) is 24.6 Å². The monoisotopic (exact) mass is 498 g/mol. The number of nitrogens with zero attached hydrogens (tertiary/aromatic N) is 1. The van der Waals surface area contributed by atoms with Crippen LogP contribution in [-0.2, 0) is 4.74 Å². The van der Waals surface area contributed by atoms with Crippen LogP contribution < -0.4 is 10.7 Å². The van der Waals surface area contributed by atoms with Crippen LogP contribution >= 0.6 is 15.9 Å². The first-order valence-corrected chi connectivity index (χ1v) is 11.6. The van der Waals surface area contributed by atoms with Crippen molar-refractivity contribution in [2.45, 2.75) is 25.8 Å². The highest BCUT2D eigenvalue weighted by molar-refractivity contribution is 9.10. The van der Waals surface area contributed by atoms with E-state index in [4.69, 9.17) is 9.15 Å². The van der Waals surface area contributed by atoms with Crippen molar-refractivity contribution in [3.8, 4) is 0 Å². The minimum Gasteiger partial charge on any atom is -0.451 e. The van der Waals surface area contributed by atoms with Crippen LogP contribution in [0.4, 0.5) is 0 Å². The normalized spacial score (nSPS) is 15.8. The Morgan fingerprint density at radius 3 is 2.44 bits per heavy atom. The van der Waals surface area contributed by atoms with E-state index in [1.165, 1.54) is 11.6 Å². The molecule has 1 amide bonds. The van der Waals surface area contributed by atoms with E-state index >= 15 is 0 Å². The predicted molar refractivity (Wildman–Crippen MR) is 128 cm³/mol. The number of fused-ring (bicyclic) bond motifs is 1. The molecule has 2 heterocycles. The van der Waals surface area contributed by atoms with Gasteiger partial charge in [-0.1, -0.05) is 54.0 Å². The number of carbonyl (C=O) groups excluding carboxylic acids is 1. The topological polar surface area (TPSA) is 71.8 Å². The van der Waals surface area contributed by atoms with Crippen LogP contribution in [0.25, 0.3) is 11.0 Å². The molecule has 0 saturated carbocycles. The summed E-state index contributed by atoms with van der Waals surface area (Å²) in [7, 11) is 0. The molecule has 1 atom stereocenters. The van der Waals surface area contributed by atoms with Gasteiger partial charge in [-0.25, -0.2) is 0 Å². The molecule has 0 spiro atoms. The zero-order valence-corrected chi connectivity index (χ0v) is 19.9. The van der Waals surface area contributed by atoms with Crippen molar-refractivity contribution in [3.05, 3.63) is 80.1 Å². The summed E-state index contributed by atoms with van der Waals surface area (Å²) in [5.41, 5.74) is 2.57. The Balaban J connectivity index is 1.54. The van der Waals surface area contributed by atoms with Gasteiger partial charge < -0.3 is 14.5 Å². The van der Waals surface area contributed by atoms with Gasteiger partial charge in [0.2, 0.25) is 0 Å². The summed E-state index contributed by atoms with van der Waals surface area (Å²) < 4.78 is 12.0. The van der Waals surface area contributed by atoms with E-state index in [0.29, 0.717) is 36.6 Å². The van der Waals surface area contributed by atoms with Gasteiger partial charge in [0.1, 0.15) is 5.58 Å². The van der Waals surface area contributed by atoms with Crippen molar-refractivity contribution in [2.75, 3.05) is 32.8 Å². The van der Waals surface area contributed by atoms with Crippen LogP contribution in [0, 0.1) is 0 Å². The molecule has 7 heteroatoms. The molecular weight excluding hydrogens is 472 g/mol. The van der Waals surface area contributed by atoms with Gasteiger partial charge in [0, 0.05) is 30.2 Å². The molecular formula is C25H27BrN2O4. The second kappa shape index (κ2) is 9.98. The summed E-state index contributed by atoms with van der Waals surface area (Å²) >= 11 is 3.35. The third-order valence-corrected chi connectivity index (χ3v) is 6.34. The molecule has 168 valence electrons. The Labute approximate surface area is 195 Å². The molecule has 1 aliphatic heterocycles. The van der Waals surface area contributed by atoms with Gasteiger partial charge in [0.15, 0.2) is 11.2 Å². The highest BCUT2D eigenvalue weighted by Gasteiger charge is 2.24. The molecule has 0 unspecified atom stereocenters. The van der Waals surface area contributed by atoms with E-state index in [-0.39, 0.29) is 17.2 Å². The Kier molecular flexibility index (Phi) is 7.08. The van der Waals surface area contributed by atoms with Gasteiger partial charge in [-0.05, 0) is 35.2 Å². The molecule has 0 radical (unpaired) electrons. The van der Waals surface area contributed by atoms with Gasteiger partial charge in [-0.2, -0.15) is 0 Å². The number of halogens is 1. The number of hydrogen-bond acceptors (Lipinski definition) is 5. The van der Waals surface area contributed by atoms with Crippen LogP contribution in [0.3, 0.4) is 0 Å². The van der Waals surface area contributed by atoms with Crippen molar-refractivity contribution >= 4 is 32.8 Å². The lowest BCUT2D eigenvalue weighted by atomic mass is 9.98. The second-order valence-electron chi connectivity index (χ2n) is 8.31. The minimum absolute atomic E-state index is 0.00666. The SMILES string of the molecule is CC(C)c1ccc([C@@H](CNC(=O)c2cc(=O)c3cc(Br)ccc3o2)N2CCOCC2)cc1. The average Bonchev–Trinajstić information content (AvgIpc) is 2.80. The van der Waals surface area contributed by atoms with E-state index in [1.807, 2.05) is 0 Å². The fourth-order valence-electron chi connectivity index (χ4n) is 3.97. The molecule has 1 N–H and O–H groups in total. The third-order valence-electron chi connectivity index (χ3n) is 5.84. The summed E-state index contributed by atoms with van der Waals surface area (Å²) in [4.78, 5) is 27.7. The highest BCUT2D eigenvalue weighted by atomic mass is 79.9. The third kappa shape index (κ3) is 5.11. The van der Waals surface area contributed by atoms with Crippen LogP contribution in [0.2, 0.25) is 0 Å². The second-order valence-corrected chi connectivity index (χ2v) is 9.23. The standard InChI is InChI=1S/C25H27BrN2O4/c1-16(2)17-3-5-18(6-4-17)21(28-9-11-31-12-10-28)15-27-25(30)24-14-22(29)20-13-19(26)7-8-23(20)32-24/h3-8,13-14,16,21H,9-12,15H2,1-2H3,(H,27,30)/t21-/m1/s1. The van der Waals surface area contributed by atoms with Gasteiger partial charge >= 0.3 is 0 Å². The number of benzene rings is 2. The summed E-state index contributed by atoms with van der Waals surface area (Å²) in [6, 6.07) is 15.0.